The molecule has 2 aromatic rings. The van der Waals surface area contributed by atoms with Gasteiger partial charge in [0.1, 0.15) is 5.70 Å². The highest BCUT2D eigenvalue weighted by Crippen LogP contribution is 2.30. The van der Waals surface area contributed by atoms with Gasteiger partial charge in [-0.15, -0.1) is 0 Å². The molecule has 0 aromatic heterocycles. The van der Waals surface area contributed by atoms with Crippen LogP contribution in [0, 0.1) is 0 Å². The van der Waals surface area contributed by atoms with Crippen molar-refractivity contribution >= 4 is 23.6 Å². The molecule has 0 aliphatic carbocycles. The van der Waals surface area contributed by atoms with E-state index in [1.807, 2.05) is 12.1 Å². The van der Waals surface area contributed by atoms with Crippen LogP contribution in [0.25, 0.3) is 11.1 Å². The predicted octanol–water partition coefficient (Wildman–Crippen LogP) is 3.54. The molecule has 0 spiro atoms. The fraction of sp³-hybridized carbons (Fsp3) is 0.0870. The molecule has 1 heterocycles. The zero-order valence-corrected chi connectivity index (χ0v) is 16.4. The highest BCUT2D eigenvalue weighted by Gasteiger charge is 2.27. The monoisotopic (exact) mass is 405 g/mol. The second kappa shape index (κ2) is 8.91. The Morgan fingerprint density at radius 3 is 2.20 bits per heavy atom. The maximum atomic E-state index is 12.5. The molecule has 0 bridgehead atoms. The summed E-state index contributed by atoms with van der Waals surface area (Å²) in [5.74, 6) is -2.36. The fourth-order valence-electron chi connectivity index (χ4n) is 3.01. The van der Waals surface area contributed by atoms with Crippen LogP contribution in [0.3, 0.4) is 0 Å². The van der Waals surface area contributed by atoms with Crippen molar-refractivity contribution < 1.29 is 29.0 Å². The van der Waals surface area contributed by atoms with Gasteiger partial charge in [0.05, 0.1) is 25.4 Å². The van der Waals surface area contributed by atoms with E-state index in [0.29, 0.717) is 5.69 Å². The first-order valence-corrected chi connectivity index (χ1v) is 8.95. The minimum Gasteiger partial charge on any atom is -0.478 e. The lowest BCUT2D eigenvalue weighted by Crippen LogP contribution is -2.26. The number of anilines is 1. The summed E-state index contributed by atoms with van der Waals surface area (Å²) in [4.78, 5) is 37.4. The lowest BCUT2D eigenvalue weighted by atomic mass is 10.0. The van der Waals surface area contributed by atoms with Crippen molar-refractivity contribution in [2.45, 2.75) is 0 Å². The van der Waals surface area contributed by atoms with Crippen LogP contribution >= 0.6 is 0 Å². The third-order valence-corrected chi connectivity index (χ3v) is 4.48. The number of carbonyl (C=O) groups is 3. The van der Waals surface area contributed by atoms with E-state index in [1.54, 1.807) is 47.5 Å². The zero-order chi connectivity index (χ0) is 21.7. The first-order chi connectivity index (χ1) is 14.5. The molecule has 0 unspecified atom stereocenters. The van der Waals surface area contributed by atoms with Crippen LogP contribution in [0.15, 0.2) is 84.2 Å². The van der Waals surface area contributed by atoms with Gasteiger partial charge >= 0.3 is 17.9 Å². The molecule has 2 aromatic carbocycles. The number of hydrogen-bond donors (Lipinski definition) is 1. The topological polar surface area (TPSA) is 93.1 Å². The summed E-state index contributed by atoms with van der Waals surface area (Å²) >= 11 is 0. The van der Waals surface area contributed by atoms with Crippen LogP contribution in [-0.4, -0.2) is 37.2 Å². The third kappa shape index (κ3) is 4.15. The molecular formula is C23H19NO6. The van der Waals surface area contributed by atoms with Crippen LogP contribution in [0.5, 0.6) is 0 Å². The molecule has 30 heavy (non-hydrogen) atoms. The van der Waals surface area contributed by atoms with Crippen molar-refractivity contribution in [2.24, 2.45) is 0 Å². The average Bonchev–Trinajstić information content (AvgIpc) is 3.01. The van der Waals surface area contributed by atoms with Crippen molar-refractivity contribution in [3.05, 3.63) is 89.8 Å². The number of carboxylic acid groups (broad SMARTS) is 1. The van der Waals surface area contributed by atoms with Gasteiger partial charge in [-0.25, -0.2) is 14.4 Å². The Morgan fingerprint density at radius 1 is 0.867 bits per heavy atom. The summed E-state index contributed by atoms with van der Waals surface area (Å²) in [5, 5.41) is 9.07. The first kappa shape index (κ1) is 20.6. The van der Waals surface area contributed by atoms with Crippen molar-refractivity contribution in [1.29, 1.82) is 0 Å². The number of hydrogen-bond acceptors (Lipinski definition) is 6. The highest BCUT2D eigenvalue weighted by molar-refractivity contribution is 6.05. The summed E-state index contributed by atoms with van der Waals surface area (Å²) in [6, 6.07) is 13.7. The largest absolute Gasteiger partial charge is 0.478 e. The van der Waals surface area contributed by atoms with Gasteiger partial charge in [0.15, 0.2) is 0 Å². The van der Waals surface area contributed by atoms with Crippen molar-refractivity contribution in [3.8, 4) is 11.1 Å². The van der Waals surface area contributed by atoms with E-state index in [-0.39, 0.29) is 16.8 Å². The standard InChI is InChI=1S/C23H19NO6/c1-29-22(27)19-8-3-4-13-24(20(19)23(28)30-2)18-7-5-6-17(14-18)15-9-11-16(12-10-15)21(25)26/h3-14H,1-2H3,(H,25,26). The van der Waals surface area contributed by atoms with Gasteiger partial charge in [0, 0.05) is 11.9 Å². The maximum absolute atomic E-state index is 12.5. The van der Waals surface area contributed by atoms with Gasteiger partial charge < -0.3 is 19.5 Å². The van der Waals surface area contributed by atoms with E-state index in [9.17, 15) is 14.4 Å². The molecule has 0 amide bonds. The van der Waals surface area contributed by atoms with E-state index in [4.69, 9.17) is 14.6 Å². The minimum absolute atomic E-state index is 0.0210. The summed E-state index contributed by atoms with van der Waals surface area (Å²) in [6.45, 7) is 0. The highest BCUT2D eigenvalue weighted by atomic mass is 16.5. The van der Waals surface area contributed by atoms with E-state index in [0.717, 1.165) is 11.1 Å². The van der Waals surface area contributed by atoms with Gasteiger partial charge in [-0.1, -0.05) is 30.3 Å². The lowest BCUT2D eigenvalue weighted by Gasteiger charge is -2.23. The van der Waals surface area contributed by atoms with Crippen LogP contribution in [-0.2, 0) is 19.1 Å². The molecule has 0 radical (unpaired) electrons. The van der Waals surface area contributed by atoms with Crippen LogP contribution in [0.4, 0.5) is 5.69 Å². The second-order valence-corrected chi connectivity index (χ2v) is 6.25. The Hall–Kier alpha value is -4.13. The molecule has 1 aliphatic heterocycles. The number of nitrogens with zero attached hydrogens (tertiary/aromatic N) is 1. The molecule has 0 saturated carbocycles. The molecule has 0 saturated heterocycles. The van der Waals surface area contributed by atoms with E-state index in [2.05, 4.69) is 0 Å². The van der Waals surface area contributed by atoms with Crippen LogP contribution < -0.4 is 4.90 Å². The fourth-order valence-corrected chi connectivity index (χ4v) is 3.01. The Balaban J connectivity index is 2.09. The molecule has 152 valence electrons. The summed E-state index contributed by atoms with van der Waals surface area (Å²) in [5.41, 5.74) is 2.49. The zero-order valence-electron chi connectivity index (χ0n) is 16.4. The van der Waals surface area contributed by atoms with Gasteiger partial charge in [0.2, 0.25) is 0 Å². The summed E-state index contributed by atoms with van der Waals surface area (Å²) in [7, 11) is 2.48. The Kier molecular flexibility index (Phi) is 6.12. The number of rotatable bonds is 5. The molecule has 1 N–H and O–H groups in total. The Bertz CT molecular complexity index is 1080. The normalized spacial score (nSPS) is 13.1. The first-order valence-electron chi connectivity index (χ1n) is 8.95. The number of benzene rings is 2. The molecule has 7 nitrogen and oxygen atoms in total. The van der Waals surface area contributed by atoms with E-state index in [1.165, 1.54) is 32.4 Å². The Labute approximate surface area is 173 Å². The summed E-state index contributed by atoms with van der Waals surface area (Å²) < 4.78 is 9.72. The molecule has 7 heteroatoms. The van der Waals surface area contributed by atoms with Gasteiger partial charge in [-0.05, 0) is 47.5 Å². The lowest BCUT2D eigenvalue weighted by molar-refractivity contribution is -0.139. The number of aromatic carboxylic acids is 1. The number of allylic oxidation sites excluding steroid dienone is 2. The number of esters is 2. The molecule has 1 aliphatic rings. The average molecular weight is 405 g/mol. The number of carbonyl (C=O) groups excluding carboxylic acids is 2. The molecule has 3 rings (SSSR count). The third-order valence-electron chi connectivity index (χ3n) is 4.48. The molecule has 0 atom stereocenters. The van der Waals surface area contributed by atoms with Gasteiger partial charge in [-0.3, -0.25) is 0 Å². The SMILES string of the molecule is COC(=O)C1=C(C(=O)OC)N(c2cccc(-c3ccc(C(=O)O)cc3)c2)C=CC=C1. The van der Waals surface area contributed by atoms with Crippen molar-refractivity contribution in [2.75, 3.05) is 19.1 Å². The van der Waals surface area contributed by atoms with E-state index < -0.39 is 17.9 Å². The molecular weight excluding hydrogens is 386 g/mol. The molecule has 0 fully saturated rings. The van der Waals surface area contributed by atoms with Crippen molar-refractivity contribution in [3.63, 3.8) is 0 Å². The van der Waals surface area contributed by atoms with Crippen LogP contribution in [0.2, 0.25) is 0 Å². The Morgan fingerprint density at radius 2 is 1.57 bits per heavy atom. The second-order valence-electron chi connectivity index (χ2n) is 6.25. The number of ether oxygens (including phenoxy) is 2. The summed E-state index contributed by atoms with van der Waals surface area (Å²) in [6.07, 6.45) is 6.45. The maximum Gasteiger partial charge on any atom is 0.355 e. The van der Waals surface area contributed by atoms with Gasteiger partial charge in [0.25, 0.3) is 0 Å². The van der Waals surface area contributed by atoms with Crippen LogP contribution in [0.1, 0.15) is 10.4 Å². The van der Waals surface area contributed by atoms with Gasteiger partial charge in [-0.2, -0.15) is 0 Å². The predicted molar refractivity (Wildman–Crippen MR) is 111 cm³/mol. The quantitative estimate of drug-likeness (QED) is 0.761. The minimum atomic E-state index is -0.999. The van der Waals surface area contributed by atoms with Crippen molar-refractivity contribution in [1.82, 2.24) is 0 Å². The number of methoxy groups -OCH3 is 2. The smallest absolute Gasteiger partial charge is 0.355 e. The van der Waals surface area contributed by atoms with E-state index >= 15 is 0 Å². The number of carboxylic acids is 1.